The van der Waals surface area contributed by atoms with Crippen molar-refractivity contribution in [3.05, 3.63) is 100 Å². The fourth-order valence-corrected chi connectivity index (χ4v) is 4.79. The lowest BCUT2D eigenvalue weighted by Gasteiger charge is -2.12. The molecule has 10 heteroatoms. The summed E-state index contributed by atoms with van der Waals surface area (Å²) >= 11 is 1.33. The zero-order valence-electron chi connectivity index (χ0n) is 18.1. The minimum atomic E-state index is -3.86. The number of anilines is 2. The Morgan fingerprint density at radius 2 is 1.68 bits per heavy atom. The van der Waals surface area contributed by atoms with Gasteiger partial charge in [0.05, 0.1) is 22.6 Å². The minimum absolute atomic E-state index is 0.00523. The second-order valence-electron chi connectivity index (χ2n) is 7.35. The summed E-state index contributed by atoms with van der Waals surface area (Å²) < 4.78 is 33.0. The van der Waals surface area contributed by atoms with Crippen LogP contribution in [0, 0.1) is 6.92 Å². The molecule has 0 unspecified atom stereocenters. The topological polar surface area (TPSA) is 118 Å². The third-order valence-electron chi connectivity index (χ3n) is 4.90. The second-order valence-corrected chi connectivity index (χ2v) is 10.1. The summed E-state index contributed by atoms with van der Waals surface area (Å²) in [6, 6.07) is 17.9. The number of hydrogen-bond acceptors (Lipinski definition) is 6. The van der Waals surface area contributed by atoms with Crippen LogP contribution in [0.15, 0.2) is 87.7 Å². The number of amides is 2. The van der Waals surface area contributed by atoms with E-state index >= 15 is 0 Å². The zero-order valence-corrected chi connectivity index (χ0v) is 19.7. The minimum Gasteiger partial charge on any atom is -0.468 e. The molecule has 0 saturated heterocycles. The van der Waals surface area contributed by atoms with E-state index in [4.69, 9.17) is 4.42 Å². The molecule has 34 heavy (non-hydrogen) atoms. The molecule has 0 aliphatic heterocycles. The first kappa shape index (κ1) is 23.4. The molecule has 2 heterocycles. The molecule has 2 aromatic heterocycles. The van der Waals surface area contributed by atoms with E-state index in [-0.39, 0.29) is 22.9 Å². The molecule has 0 fully saturated rings. The molecule has 4 aromatic rings. The van der Waals surface area contributed by atoms with E-state index in [9.17, 15) is 18.0 Å². The van der Waals surface area contributed by atoms with Crippen LogP contribution in [0.2, 0.25) is 0 Å². The quantitative estimate of drug-likeness (QED) is 0.329. The van der Waals surface area contributed by atoms with Gasteiger partial charge in [0.25, 0.3) is 11.8 Å². The molecular formula is C24H21N3O5S2. The van der Waals surface area contributed by atoms with E-state index in [1.165, 1.54) is 29.7 Å². The van der Waals surface area contributed by atoms with Gasteiger partial charge in [0.1, 0.15) is 5.76 Å². The van der Waals surface area contributed by atoms with E-state index in [1.54, 1.807) is 61.5 Å². The van der Waals surface area contributed by atoms with E-state index in [0.717, 1.165) is 0 Å². The highest BCUT2D eigenvalue weighted by Crippen LogP contribution is 2.21. The van der Waals surface area contributed by atoms with Gasteiger partial charge in [0.2, 0.25) is 10.0 Å². The highest BCUT2D eigenvalue weighted by atomic mass is 32.2. The SMILES string of the molecule is Cc1ccc(S(=O)(=O)NCc2ccco2)cc1C(=O)Nc1cccc(NC(=O)c2cccs2)c1. The summed E-state index contributed by atoms with van der Waals surface area (Å²) in [5, 5.41) is 7.37. The van der Waals surface area contributed by atoms with Crippen molar-refractivity contribution >= 4 is 44.5 Å². The largest absolute Gasteiger partial charge is 0.468 e. The predicted octanol–water partition coefficient (Wildman–Crippen LogP) is 4.63. The van der Waals surface area contributed by atoms with Gasteiger partial charge in [0, 0.05) is 16.9 Å². The summed E-state index contributed by atoms with van der Waals surface area (Å²) in [6.45, 7) is 1.72. The highest BCUT2D eigenvalue weighted by molar-refractivity contribution is 7.89. The van der Waals surface area contributed by atoms with Crippen molar-refractivity contribution in [2.24, 2.45) is 0 Å². The fraction of sp³-hybridized carbons (Fsp3) is 0.0833. The lowest BCUT2D eigenvalue weighted by Crippen LogP contribution is -2.24. The van der Waals surface area contributed by atoms with Crippen LogP contribution >= 0.6 is 11.3 Å². The Kier molecular flexibility index (Phi) is 6.92. The Labute approximate surface area is 200 Å². The number of thiophene rings is 1. The van der Waals surface area contributed by atoms with Crippen LogP contribution in [0.5, 0.6) is 0 Å². The van der Waals surface area contributed by atoms with Crippen molar-refractivity contribution in [3.8, 4) is 0 Å². The van der Waals surface area contributed by atoms with E-state index < -0.39 is 15.9 Å². The fourth-order valence-electron chi connectivity index (χ4n) is 3.15. The average Bonchev–Trinajstić information content (AvgIpc) is 3.52. The van der Waals surface area contributed by atoms with Gasteiger partial charge in [-0.2, -0.15) is 0 Å². The van der Waals surface area contributed by atoms with Crippen LogP contribution in [0.1, 0.15) is 31.4 Å². The maximum atomic E-state index is 13.0. The van der Waals surface area contributed by atoms with Crippen LogP contribution in [0.4, 0.5) is 11.4 Å². The van der Waals surface area contributed by atoms with Crippen molar-refractivity contribution < 1.29 is 22.4 Å². The molecule has 2 aromatic carbocycles. The molecule has 3 N–H and O–H groups in total. The number of nitrogens with one attached hydrogen (secondary N) is 3. The zero-order chi connectivity index (χ0) is 24.1. The normalized spacial score (nSPS) is 11.2. The number of furan rings is 1. The Balaban J connectivity index is 1.48. The molecule has 0 aliphatic carbocycles. The summed E-state index contributed by atoms with van der Waals surface area (Å²) in [7, 11) is -3.86. The number of rotatable bonds is 8. The molecule has 4 rings (SSSR count). The number of aryl methyl sites for hydroxylation is 1. The molecule has 174 valence electrons. The molecule has 0 radical (unpaired) electrons. The third kappa shape index (κ3) is 5.60. The predicted molar refractivity (Wildman–Crippen MR) is 131 cm³/mol. The highest BCUT2D eigenvalue weighted by Gasteiger charge is 2.19. The smallest absolute Gasteiger partial charge is 0.265 e. The van der Waals surface area contributed by atoms with Gasteiger partial charge < -0.3 is 15.1 Å². The molecular weight excluding hydrogens is 474 g/mol. The number of carbonyl (C=O) groups excluding carboxylic acids is 2. The number of sulfonamides is 1. The van der Waals surface area contributed by atoms with Crippen molar-refractivity contribution in [3.63, 3.8) is 0 Å². The van der Waals surface area contributed by atoms with Gasteiger partial charge in [-0.05, 0) is 66.4 Å². The first-order chi connectivity index (χ1) is 16.3. The Bertz CT molecular complexity index is 1410. The first-order valence-electron chi connectivity index (χ1n) is 10.2. The molecule has 0 atom stereocenters. The summed E-state index contributed by atoms with van der Waals surface area (Å²) in [5.74, 6) is -0.240. The van der Waals surface area contributed by atoms with Gasteiger partial charge >= 0.3 is 0 Å². The van der Waals surface area contributed by atoms with Crippen LogP contribution in [-0.2, 0) is 16.6 Å². The maximum Gasteiger partial charge on any atom is 0.265 e. The third-order valence-corrected chi connectivity index (χ3v) is 7.17. The van der Waals surface area contributed by atoms with Gasteiger partial charge in [-0.15, -0.1) is 11.3 Å². The van der Waals surface area contributed by atoms with Gasteiger partial charge in [0.15, 0.2) is 0 Å². The summed E-state index contributed by atoms with van der Waals surface area (Å²) in [4.78, 5) is 25.8. The standard InChI is InChI=1S/C24H21N3O5S2/c1-16-9-10-20(34(30,31)25-15-19-7-3-11-32-19)14-21(16)23(28)26-17-5-2-6-18(13-17)27-24(29)22-8-4-12-33-22/h2-14,25H,15H2,1H3,(H,26,28)(H,27,29). The van der Waals surface area contributed by atoms with Gasteiger partial charge in [-0.1, -0.05) is 18.2 Å². The lowest BCUT2D eigenvalue weighted by molar-refractivity contribution is 0.102. The lowest BCUT2D eigenvalue weighted by atomic mass is 10.1. The molecule has 0 saturated carbocycles. The maximum absolute atomic E-state index is 13.0. The van der Waals surface area contributed by atoms with Crippen molar-refractivity contribution in [2.45, 2.75) is 18.4 Å². The van der Waals surface area contributed by atoms with E-state index in [1.807, 2.05) is 5.38 Å². The Morgan fingerprint density at radius 1 is 0.912 bits per heavy atom. The molecule has 2 amide bonds. The number of carbonyl (C=O) groups is 2. The number of benzene rings is 2. The Hall–Kier alpha value is -3.73. The van der Waals surface area contributed by atoms with Crippen LogP contribution < -0.4 is 15.4 Å². The monoisotopic (exact) mass is 495 g/mol. The molecule has 0 aliphatic rings. The van der Waals surface area contributed by atoms with Crippen molar-refractivity contribution in [2.75, 3.05) is 10.6 Å². The van der Waals surface area contributed by atoms with Crippen LogP contribution in [0.3, 0.4) is 0 Å². The summed E-state index contributed by atoms with van der Waals surface area (Å²) in [6.07, 6.45) is 1.46. The Morgan fingerprint density at radius 3 is 2.35 bits per heavy atom. The molecule has 0 bridgehead atoms. The van der Waals surface area contributed by atoms with Crippen molar-refractivity contribution in [1.29, 1.82) is 0 Å². The molecule has 0 spiro atoms. The van der Waals surface area contributed by atoms with E-state index in [2.05, 4.69) is 15.4 Å². The van der Waals surface area contributed by atoms with Crippen LogP contribution in [0.25, 0.3) is 0 Å². The van der Waals surface area contributed by atoms with Crippen LogP contribution in [-0.4, -0.2) is 20.2 Å². The number of hydrogen-bond donors (Lipinski definition) is 3. The van der Waals surface area contributed by atoms with Gasteiger partial charge in [-0.25, -0.2) is 13.1 Å². The second kappa shape index (κ2) is 10.0. The van der Waals surface area contributed by atoms with Gasteiger partial charge in [-0.3, -0.25) is 9.59 Å². The van der Waals surface area contributed by atoms with Crippen molar-refractivity contribution in [1.82, 2.24) is 4.72 Å². The summed E-state index contributed by atoms with van der Waals surface area (Å²) in [5.41, 5.74) is 1.81. The average molecular weight is 496 g/mol. The molecule has 8 nitrogen and oxygen atoms in total. The first-order valence-corrected chi connectivity index (χ1v) is 12.6. The van der Waals surface area contributed by atoms with E-state index in [0.29, 0.717) is 27.6 Å².